The zero-order valence-corrected chi connectivity index (χ0v) is 9.32. The molecule has 78 valence electrons. The molecule has 2 rings (SSSR count). The number of rotatable bonds is 2. The first-order chi connectivity index (χ1) is 10.7. The maximum absolute atomic E-state index is 12.5. The van der Waals surface area contributed by atoms with Crippen LogP contribution in [0.3, 0.4) is 0 Å². The third kappa shape index (κ3) is 1.72. The number of fused-ring (bicyclic) bond motifs is 1. The molecule has 0 saturated heterocycles. The topological polar surface area (TPSA) is 22.0 Å². The number of carbonyl (C=O) groups excluding carboxylic acids is 1. The Hall–Kier alpha value is -1.09. The molecule has 0 saturated carbocycles. The summed E-state index contributed by atoms with van der Waals surface area (Å²) in [5, 5.41) is -0.116. The molecule has 1 aromatic heterocycles. The summed E-state index contributed by atoms with van der Waals surface area (Å²) < 4.78 is 69.6. The molecule has 0 unspecified atom stereocenters. The van der Waals surface area contributed by atoms with Gasteiger partial charge in [0.25, 0.3) is 0 Å². The van der Waals surface area contributed by atoms with Crippen LogP contribution in [0.15, 0.2) is 28.6 Å². The maximum atomic E-state index is 12.5. The highest BCUT2D eigenvalue weighted by Gasteiger charge is 2.11. The summed E-state index contributed by atoms with van der Waals surface area (Å²) in [7, 11) is 1.27. The van der Waals surface area contributed by atoms with Crippen molar-refractivity contribution < 1.29 is 17.1 Å². The molecule has 1 aromatic carbocycles. The number of carbonyl (C=O) groups is 1. The Morgan fingerprint density at radius 2 is 2.47 bits per heavy atom. The first-order valence-electron chi connectivity index (χ1n) is 8.54. The summed E-state index contributed by atoms with van der Waals surface area (Å²) >= 11 is 2.99. The van der Waals surface area contributed by atoms with Crippen molar-refractivity contribution in [3.63, 3.8) is 0 Å². The van der Waals surface area contributed by atoms with E-state index in [-0.39, 0.29) is 33.5 Å². The van der Waals surface area contributed by atoms with Crippen molar-refractivity contribution in [1.29, 1.82) is 0 Å². The van der Waals surface area contributed by atoms with Gasteiger partial charge in [-0.15, -0.1) is 0 Å². The highest BCUT2D eigenvalue weighted by Crippen LogP contribution is 2.23. The molecular formula is C12H12BrNO. The van der Waals surface area contributed by atoms with Gasteiger partial charge in [0.15, 0.2) is 5.78 Å². The van der Waals surface area contributed by atoms with Crippen LogP contribution in [-0.2, 0) is 7.05 Å². The fourth-order valence-electron chi connectivity index (χ4n) is 1.30. The molecule has 3 heteroatoms. The first-order valence-corrected chi connectivity index (χ1v) is 4.83. The largest absolute Gasteiger partial charge is 0.341 e. The molecule has 0 fully saturated rings. The van der Waals surface area contributed by atoms with Gasteiger partial charge in [0, 0.05) is 35.7 Å². The molecule has 2 nitrogen and oxygen atoms in total. The van der Waals surface area contributed by atoms with Gasteiger partial charge in [-0.25, -0.2) is 0 Å². The summed E-state index contributed by atoms with van der Waals surface area (Å²) in [5.41, 5.74) is -0.617. The highest BCUT2D eigenvalue weighted by molar-refractivity contribution is 9.10. The smallest absolute Gasteiger partial charge is 0.178 e. The van der Waals surface area contributed by atoms with Gasteiger partial charge < -0.3 is 4.57 Å². The Bertz CT molecular complexity index is 817. The number of aryl methyl sites for hydroxylation is 1. The van der Waals surface area contributed by atoms with Crippen LogP contribution in [0.1, 0.15) is 36.1 Å². The van der Waals surface area contributed by atoms with Gasteiger partial charge in [0.05, 0.1) is 11.2 Å². The van der Waals surface area contributed by atoms with Crippen LogP contribution in [0.4, 0.5) is 0 Å². The summed E-state index contributed by atoms with van der Waals surface area (Å²) in [6.07, 6.45) is -3.23. The second-order valence-electron chi connectivity index (χ2n) is 2.90. The number of benzene rings is 1. The molecule has 0 amide bonds. The third-order valence-corrected chi connectivity index (χ3v) is 2.40. The van der Waals surface area contributed by atoms with Crippen LogP contribution in [0.5, 0.6) is 0 Å². The minimum Gasteiger partial charge on any atom is -0.341 e. The highest BCUT2D eigenvalue weighted by atomic mass is 79.9. The van der Waals surface area contributed by atoms with Gasteiger partial charge in [-0.05, 0) is 24.2 Å². The average Bonchev–Trinajstić information content (AvgIpc) is 2.72. The monoisotopic (exact) mass is 274 g/mol. The van der Waals surface area contributed by atoms with Gasteiger partial charge in [-0.2, -0.15) is 0 Å². The SMILES string of the molecule is [2H]c1c(Br)c([2H])c2c([2H])c(C(=O)C([2H])([2H])C([2H])([2H])[2H])n(C)c2c1[2H]. The summed E-state index contributed by atoms with van der Waals surface area (Å²) in [4.78, 5) is 12.5. The zero-order valence-electron chi connectivity index (χ0n) is 16.7. The van der Waals surface area contributed by atoms with Crippen molar-refractivity contribution in [3.8, 4) is 0 Å². The van der Waals surface area contributed by atoms with E-state index in [1.165, 1.54) is 7.05 Å². The van der Waals surface area contributed by atoms with Gasteiger partial charge >= 0.3 is 0 Å². The Morgan fingerprint density at radius 3 is 3.20 bits per heavy atom. The third-order valence-electron chi connectivity index (χ3n) is 2.01. The van der Waals surface area contributed by atoms with Crippen LogP contribution < -0.4 is 0 Å². The van der Waals surface area contributed by atoms with E-state index in [4.69, 9.17) is 12.3 Å². The Labute approximate surface area is 110 Å². The van der Waals surface area contributed by atoms with Gasteiger partial charge in [-0.1, -0.05) is 22.8 Å². The minimum absolute atomic E-state index is 0.0306. The minimum atomic E-state index is -3.23. The zero-order chi connectivity index (χ0) is 18.8. The lowest BCUT2D eigenvalue weighted by Gasteiger charge is -2.01. The fraction of sp³-hybridized carbons (Fsp3) is 0.250. The number of hydrogen-bond donors (Lipinski definition) is 0. The molecule has 0 aliphatic carbocycles. The first kappa shape index (κ1) is 4.06. The van der Waals surface area contributed by atoms with Crippen LogP contribution >= 0.6 is 15.9 Å². The molecule has 0 bridgehead atoms. The average molecular weight is 275 g/mol. The standard InChI is InChI=1S/C12H12BrNO/c1-3-12(15)11-7-8-6-9(13)4-5-10(8)14(11)2/h4-7H,3H2,1-2H3/i1D3,3D2,4D,5D,6D,7D. The molecule has 0 spiro atoms. The number of ketones is 1. The van der Waals surface area contributed by atoms with Crippen molar-refractivity contribution in [2.24, 2.45) is 7.05 Å². The van der Waals surface area contributed by atoms with E-state index in [2.05, 4.69) is 15.9 Å². The fourth-order valence-corrected chi connectivity index (χ4v) is 1.60. The normalized spacial score (nSPS) is 21.3. The van der Waals surface area contributed by atoms with Crippen LogP contribution in [0, 0.1) is 0 Å². The molecule has 2 aromatic rings. The molecular weight excluding hydrogens is 254 g/mol. The van der Waals surface area contributed by atoms with Crippen molar-refractivity contribution in [2.75, 3.05) is 0 Å². The van der Waals surface area contributed by atoms with E-state index in [1.54, 1.807) is 0 Å². The molecule has 15 heavy (non-hydrogen) atoms. The number of nitrogens with zero attached hydrogens (tertiary/aromatic N) is 1. The second kappa shape index (κ2) is 3.81. The van der Waals surface area contributed by atoms with E-state index in [9.17, 15) is 4.79 Å². The lowest BCUT2D eigenvalue weighted by Crippen LogP contribution is -2.03. The Morgan fingerprint density at radius 1 is 1.67 bits per heavy atom. The van der Waals surface area contributed by atoms with E-state index in [0.29, 0.717) is 0 Å². The van der Waals surface area contributed by atoms with E-state index >= 15 is 0 Å². The van der Waals surface area contributed by atoms with Crippen LogP contribution in [0.2, 0.25) is 0 Å². The Balaban J connectivity index is 2.92. The Kier molecular flexibility index (Phi) is 1.03. The van der Waals surface area contributed by atoms with E-state index < -0.39 is 30.7 Å². The van der Waals surface area contributed by atoms with Crippen molar-refractivity contribution in [2.45, 2.75) is 13.2 Å². The lowest BCUT2D eigenvalue weighted by molar-refractivity contribution is 0.0981. The molecule has 0 N–H and O–H groups in total. The predicted octanol–water partition coefficient (Wildman–Crippen LogP) is 3.53. The van der Waals surface area contributed by atoms with Crippen molar-refractivity contribution >= 4 is 32.6 Å². The molecule has 0 aliphatic rings. The summed E-state index contributed by atoms with van der Waals surface area (Å²) in [5.74, 6) is -1.42. The number of Topliss-reactive ketones (excluding diaryl/α,β-unsaturated/α-hetero) is 1. The van der Waals surface area contributed by atoms with Gasteiger partial charge in [0.2, 0.25) is 0 Å². The van der Waals surface area contributed by atoms with Crippen molar-refractivity contribution in [1.82, 2.24) is 4.57 Å². The van der Waals surface area contributed by atoms with Gasteiger partial charge in [0.1, 0.15) is 0 Å². The van der Waals surface area contributed by atoms with Gasteiger partial charge in [-0.3, -0.25) is 4.79 Å². The molecule has 0 atom stereocenters. The number of halogens is 1. The molecule has 0 aliphatic heterocycles. The predicted molar refractivity (Wildman–Crippen MR) is 65.2 cm³/mol. The number of hydrogen-bond acceptors (Lipinski definition) is 1. The maximum Gasteiger partial charge on any atom is 0.178 e. The quantitative estimate of drug-likeness (QED) is 0.768. The van der Waals surface area contributed by atoms with E-state index in [1.807, 2.05) is 0 Å². The summed E-state index contributed by atoms with van der Waals surface area (Å²) in [6, 6.07) is -1.49. The molecule has 1 heterocycles. The van der Waals surface area contributed by atoms with E-state index in [0.717, 1.165) is 4.57 Å². The molecule has 0 radical (unpaired) electrons. The lowest BCUT2D eigenvalue weighted by atomic mass is 10.2. The van der Waals surface area contributed by atoms with Crippen molar-refractivity contribution in [3.05, 3.63) is 34.3 Å². The summed E-state index contributed by atoms with van der Waals surface area (Å²) in [6.45, 7) is -3.23. The second-order valence-corrected chi connectivity index (χ2v) is 3.69. The van der Waals surface area contributed by atoms with Crippen LogP contribution in [0.25, 0.3) is 10.9 Å². The van der Waals surface area contributed by atoms with Crippen LogP contribution in [-0.4, -0.2) is 10.4 Å². The number of aromatic nitrogens is 1.